The van der Waals surface area contributed by atoms with E-state index in [0.29, 0.717) is 27.9 Å². The minimum atomic E-state index is -0.136. The molecule has 2 aromatic carbocycles. The molecule has 1 heterocycles. The maximum Gasteiger partial charge on any atom is 0.139 e. The van der Waals surface area contributed by atoms with E-state index in [-0.39, 0.29) is 12.4 Å². The van der Waals surface area contributed by atoms with Gasteiger partial charge in [-0.2, -0.15) is 0 Å². The number of aliphatic hydroxyl groups excluding tert-OH is 1. The lowest BCUT2D eigenvalue weighted by molar-refractivity contribution is 0.281. The van der Waals surface area contributed by atoms with Crippen LogP contribution in [0.25, 0.3) is 21.9 Å². The van der Waals surface area contributed by atoms with E-state index in [9.17, 15) is 5.11 Å². The molecular formula is C15H14O4. The second kappa shape index (κ2) is 4.17. The lowest BCUT2D eigenvalue weighted by Crippen LogP contribution is -1.84. The van der Waals surface area contributed by atoms with Gasteiger partial charge in [-0.1, -0.05) is 0 Å². The zero-order chi connectivity index (χ0) is 13.6. The summed E-state index contributed by atoms with van der Waals surface area (Å²) in [7, 11) is 1.60. The van der Waals surface area contributed by atoms with Gasteiger partial charge in [-0.15, -0.1) is 0 Å². The molecule has 0 spiro atoms. The third kappa shape index (κ3) is 1.72. The topological polar surface area (TPSA) is 62.8 Å². The number of phenols is 1. The van der Waals surface area contributed by atoms with E-state index < -0.39 is 0 Å². The molecule has 0 unspecified atom stereocenters. The summed E-state index contributed by atoms with van der Waals surface area (Å²) in [6, 6.07) is 6.99. The van der Waals surface area contributed by atoms with Gasteiger partial charge in [0.2, 0.25) is 0 Å². The van der Waals surface area contributed by atoms with Crippen molar-refractivity contribution in [2.75, 3.05) is 7.11 Å². The monoisotopic (exact) mass is 258 g/mol. The Bertz CT molecular complexity index is 706. The maximum absolute atomic E-state index is 10.1. The molecule has 3 rings (SSSR count). The molecule has 4 nitrogen and oxygen atoms in total. The van der Waals surface area contributed by atoms with Gasteiger partial charge in [-0.25, -0.2) is 0 Å². The standard InChI is InChI=1S/C15H14O4/c1-8-3-10(18-2)6-13-14(8)15-11(17)4-9(7-16)5-12(15)19-13/h3-6,16-17H,7H2,1-2H3. The average Bonchev–Trinajstić information content (AvgIpc) is 2.77. The number of rotatable bonds is 2. The molecule has 0 aliphatic heterocycles. The van der Waals surface area contributed by atoms with Crippen LogP contribution in [-0.4, -0.2) is 17.3 Å². The lowest BCUT2D eigenvalue weighted by atomic mass is 10.0. The van der Waals surface area contributed by atoms with Crippen molar-refractivity contribution < 1.29 is 19.4 Å². The van der Waals surface area contributed by atoms with Crippen LogP contribution in [0.2, 0.25) is 0 Å². The van der Waals surface area contributed by atoms with E-state index in [1.165, 1.54) is 0 Å². The molecule has 0 aliphatic rings. The molecule has 0 bridgehead atoms. The Kier molecular flexibility index (Phi) is 2.61. The first kappa shape index (κ1) is 11.9. The van der Waals surface area contributed by atoms with E-state index in [1.54, 1.807) is 25.3 Å². The Morgan fingerprint density at radius 2 is 1.84 bits per heavy atom. The van der Waals surface area contributed by atoms with Gasteiger partial charge in [-0.05, 0) is 36.2 Å². The highest BCUT2D eigenvalue weighted by Gasteiger charge is 2.15. The number of aliphatic hydroxyl groups is 1. The van der Waals surface area contributed by atoms with Gasteiger partial charge in [0.25, 0.3) is 0 Å². The molecule has 0 fully saturated rings. The van der Waals surface area contributed by atoms with Crippen molar-refractivity contribution in [1.82, 2.24) is 0 Å². The molecule has 0 aliphatic carbocycles. The Hall–Kier alpha value is -2.20. The Balaban J connectivity index is 2.45. The SMILES string of the molecule is COc1cc(C)c2c(c1)oc1cc(CO)cc(O)c12. The Morgan fingerprint density at radius 1 is 1.11 bits per heavy atom. The van der Waals surface area contributed by atoms with Crippen molar-refractivity contribution in [3.05, 3.63) is 35.4 Å². The predicted octanol–water partition coefficient (Wildman–Crippen LogP) is 3.10. The number of furan rings is 1. The van der Waals surface area contributed by atoms with Crippen molar-refractivity contribution in [2.45, 2.75) is 13.5 Å². The summed E-state index contributed by atoms with van der Waals surface area (Å²) >= 11 is 0. The quantitative estimate of drug-likeness (QED) is 0.741. The molecule has 19 heavy (non-hydrogen) atoms. The number of aromatic hydroxyl groups is 1. The smallest absolute Gasteiger partial charge is 0.139 e. The van der Waals surface area contributed by atoms with E-state index >= 15 is 0 Å². The van der Waals surface area contributed by atoms with E-state index in [0.717, 1.165) is 10.9 Å². The van der Waals surface area contributed by atoms with Gasteiger partial charge in [0.15, 0.2) is 0 Å². The fourth-order valence-corrected chi connectivity index (χ4v) is 2.44. The average molecular weight is 258 g/mol. The number of benzene rings is 2. The van der Waals surface area contributed by atoms with E-state index in [4.69, 9.17) is 14.3 Å². The van der Waals surface area contributed by atoms with Crippen LogP contribution in [-0.2, 0) is 6.61 Å². The molecular weight excluding hydrogens is 244 g/mol. The molecule has 0 atom stereocenters. The molecule has 2 N–H and O–H groups in total. The van der Waals surface area contributed by atoms with Gasteiger partial charge in [0.05, 0.1) is 19.1 Å². The van der Waals surface area contributed by atoms with Crippen molar-refractivity contribution in [1.29, 1.82) is 0 Å². The van der Waals surface area contributed by atoms with E-state index in [2.05, 4.69) is 0 Å². The van der Waals surface area contributed by atoms with Crippen molar-refractivity contribution in [3.8, 4) is 11.5 Å². The minimum Gasteiger partial charge on any atom is -0.507 e. The zero-order valence-electron chi connectivity index (χ0n) is 10.7. The lowest BCUT2D eigenvalue weighted by Gasteiger charge is -2.03. The largest absolute Gasteiger partial charge is 0.507 e. The van der Waals surface area contributed by atoms with Gasteiger partial charge in [0, 0.05) is 11.5 Å². The molecule has 4 heteroatoms. The van der Waals surface area contributed by atoms with Crippen molar-refractivity contribution in [2.24, 2.45) is 0 Å². The molecule has 0 radical (unpaired) electrons. The molecule has 3 aromatic rings. The van der Waals surface area contributed by atoms with Gasteiger partial charge >= 0.3 is 0 Å². The Labute approximate surface area is 109 Å². The minimum absolute atomic E-state index is 0.119. The van der Waals surface area contributed by atoms with Crippen LogP contribution >= 0.6 is 0 Å². The zero-order valence-corrected chi connectivity index (χ0v) is 10.7. The normalized spacial score (nSPS) is 11.3. The van der Waals surface area contributed by atoms with Gasteiger partial charge in [-0.3, -0.25) is 0 Å². The molecule has 98 valence electrons. The number of aryl methyl sites for hydroxylation is 1. The fraction of sp³-hybridized carbons (Fsp3) is 0.200. The maximum atomic E-state index is 10.1. The van der Waals surface area contributed by atoms with Gasteiger partial charge < -0.3 is 19.4 Å². The second-order valence-corrected chi connectivity index (χ2v) is 4.57. The van der Waals surface area contributed by atoms with Crippen LogP contribution in [0.4, 0.5) is 0 Å². The van der Waals surface area contributed by atoms with Crippen LogP contribution in [0.3, 0.4) is 0 Å². The summed E-state index contributed by atoms with van der Waals surface area (Å²) in [5, 5.41) is 20.8. The molecule has 0 saturated heterocycles. The predicted molar refractivity (Wildman–Crippen MR) is 72.6 cm³/mol. The third-order valence-electron chi connectivity index (χ3n) is 3.30. The first-order valence-electron chi connectivity index (χ1n) is 5.97. The highest BCUT2D eigenvalue weighted by molar-refractivity contribution is 6.10. The molecule has 0 amide bonds. The summed E-state index contributed by atoms with van der Waals surface area (Å²) in [4.78, 5) is 0. The number of hydrogen-bond acceptors (Lipinski definition) is 4. The summed E-state index contributed by atoms with van der Waals surface area (Å²) in [5.74, 6) is 0.833. The van der Waals surface area contributed by atoms with Crippen molar-refractivity contribution in [3.63, 3.8) is 0 Å². The third-order valence-corrected chi connectivity index (χ3v) is 3.30. The van der Waals surface area contributed by atoms with Crippen LogP contribution < -0.4 is 4.74 Å². The number of phenolic OH excluding ortho intramolecular Hbond substituents is 1. The van der Waals surface area contributed by atoms with E-state index in [1.807, 2.05) is 13.0 Å². The summed E-state index contributed by atoms with van der Waals surface area (Å²) in [6.45, 7) is 1.81. The van der Waals surface area contributed by atoms with Crippen LogP contribution in [0, 0.1) is 6.92 Å². The number of fused-ring (bicyclic) bond motifs is 3. The summed E-state index contributed by atoms with van der Waals surface area (Å²) in [5.41, 5.74) is 2.82. The highest BCUT2D eigenvalue weighted by Crippen LogP contribution is 2.39. The van der Waals surface area contributed by atoms with Gasteiger partial charge in [0.1, 0.15) is 22.7 Å². The van der Waals surface area contributed by atoms with Crippen LogP contribution in [0.5, 0.6) is 11.5 Å². The molecule has 1 aromatic heterocycles. The molecule has 0 saturated carbocycles. The number of ether oxygens (including phenoxy) is 1. The van der Waals surface area contributed by atoms with Crippen molar-refractivity contribution >= 4 is 21.9 Å². The first-order chi connectivity index (χ1) is 9.13. The first-order valence-corrected chi connectivity index (χ1v) is 5.97. The van der Waals surface area contributed by atoms with Crippen LogP contribution in [0.1, 0.15) is 11.1 Å². The summed E-state index contributed by atoms with van der Waals surface area (Å²) < 4.78 is 11.0. The number of hydrogen-bond donors (Lipinski definition) is 2. The highest BCUT2D eigenvalue weighted by atomic mass is 16.5. The number of methoxy groups -OCH3 is 1. The van der Waals surface area contributed by atoms with Crippen LogP contribution in [0.15, 0.2) is 28.7 Å². The fourth-order valence-electron chi connectivity index (χ4n) is 2.44. The Morgan fingerprint density at radius 3 is 2.53 bits per heavy atom. The summed E-state index contributed by atoms with van der Waals surface area (Å²) in [6.07, 6.45) is 0. The second-order valence-electron chi connectivity index (χ2n) is 4.57.